The fourth-order valence-corrected chi connectivity index (χ4v) is 2.17. The van der Waals surface area contributed by atoms with E-state index < -0.39 is 0 Å². The molecule has 1 aromatic carbocycles. The number of rotatable bonds is 5. The van der Waals surface area contributed by atoms with E-state index in [1.54, 1.807) is 19.2 Å². The molecule has 4 heteroatoms. The zero-order valence-corrected chi connectivity index (χ0v) is 10.9. The van der Waals surface area contributed by atoms with Crippen LogP contribution in [0.3, 0.4) is 0 Å². The lowest BCUT2D eigenvalue weighted by Gasteiger charge is -2.18. The van der Waals surface area contributed by atoms with Crippen molar-refractivity contribution in [3.8, 4) is 5.75 Å². The Morgan fingerprint density at radius 1 is 1.56 bits per heavy atom. The van der Waals surface area contributed by atoms with E-state index >= 15 is 0 Å². The molecule has 1 fully saturated rings. The van der Waals surface area contributed by atoms with Gasteiger partial charge in [-0.2, -0.15) is 0 Å². The second-order valence-electron chi connectivity index (χ2n) is 4.61. The fraction of sp³-hybridized carbons (Fsp3) is 0.571. The lowest BCUT2D eigenvalue weighted by Crippen LogP contribution is -2.19. The minimum absolute atomic E-state index is 0.0781. The topological polar surface area (TPSA) is 30.5 Å². The second kappa shape index (κ2) is 6.16. The predicted octanol–water partition coefficient (Wildman–Crippen LogP) is 2.66. The summed E-state index contributed by atoms with van der Waals surface area (Å²) in [6, 6.07) is 4.86. The lowest BCUT2D eigenvalue weighted by atomic mass is 10.1. The molecular weight excluding hydrogens is 233 g/mol. The summed E-state index contributed by atoms with van der Waals surface area (Å²) in [5, 5.41) is 3.04. The summed E-state index contributed by atoms with van der Waals surface area (Å²) in [6.07, 6.45) is 2.24. The first kappa shape index (κ1) is 13.3. The Morgan fingerprint density at radius 3 is 3.06 bits per heavy atom. The summed E-state index contributed by atoms with van der Waals surface area (Å²) < 4.78 is 25.1. The van der Waals surface area contributed by atoms with Gasteiger partial charge in [0.05, 0.1) is 6.10 Å². The molecule has 0 saturated carbocycles. The average Bonchev–Trinajstić information content (AvgIpc) is 2.88. The Morgan fingerprint density at radius 2 is 2.39 bits per heavy atom. The van der Waals surface area contributed by atoms with E-state index in [-0.39, 0.29) is 18.0 Å². The Labute approximate surface area is 107 Å². The van der Waals surface area contributed by atoms with Crippen molar-refractivity contribution in [2.45, 2.75) is 31.9 Å². The third-order valence-corrected chi connectivity index (χ3v) is 3.33. The Balaban J connectivity index is 2.08. The van der Waals surface area contributed by atoms with E-state index in [0.29, 0.717) is 17.9 Å². The average molecular weight is 253 g/mol. The van der Waals surface area contributed by atoms with E-state index in [0.717, 1.165) is 19.4 Å². The summed E-state index contributed by atoms with van der Waals surface area (Å²) >= 11 is 0. The zero-order chi connectivity index (χ0) is 13.0. The molecule has 0 amide bonds. The summed E-state index contributed by atoms with van der Waals surface area (Å²) in [6.45, 7) is 3.21. The highest BCUT2D eigenvalue weighted by Gasteiger charge is 2.19. The first-order valence-electron chi connectivity index (χ1n) is 6.42. The van der Waals surface area contributed by atoms with Gasteiger partial charge in [-0.05, 0) is 38.9 Å². The predicted molar refractivity (Wildman–Crippen MR) is 68.3 cm³/mol. The number of hydrogen-bond donors (Lipinski definition) is 1. The highest BCUT2D eigenvalue weighted by atomic mass is 19.1. The number of benzene rings is 1. The Bertz CT molecular complexity index is 391. The van der Waals surface area contributed by atoms with Gasteiger partial charge in [-0.1, -0.05) is 6.07 Å². The standard InChI is InChI=1S/C14H20FNO2/c1-10(16-2)14-12(15)6-3-7-13(14)18-9-11-5-4-8-17-11/h3,6-7,10-11,16H,4-5,8-9H2,1-2H3. The van der Waals surface area contributed by atoms with Crippen molar-refractivity contribution in [3.63, 3.8) is 0 Å². The number of nitrogens with one attached hydrogen (secondary N) is 1. The first-order chi connectivity index (χ1) is 8.72. The van der Waals surface area contributed by atoms with Crippen molar-refractivity contribution in [2.75, 3.05) is 20.3 Å². The summed E-state index contributed by atoms with van der Waals surface area (Å²) in [5.41, 5.74) is 0.581. The minimum atomic E-state index is -0.235. The molecule has 2 unspecified atom stereocenters. The van der Waals surface area contributed by atoms with Gasteiger partial charge < -0.3 is 14.8 Å². The molecule has 3 nitrogen and oxygen atoms in total. The molecule has 100 valence electrons. The van der Waals surface area contributed by atoms with E-state index in [9.17, 15) is 4.39 Å². The van der Waals surface area contributed by atoms with Gasteiger partial charge in [-0.3, -0.25) is 0 Å². The summed E-state index contributed by atoms with van der Waals surface area (Å²) in [7, 11) is 1.81. The maximum Gasteiger partial charge on any atom is 0.131 e. The number of halogens is 1. The number of ether oxygens (including phenoxy) is 2. The van der Waals surface area contributed by atoms with Gasteiger partial charge in [-0.25, -0.2) is 4.39 Å². The van der Waals surface area contributed by atoms with Gasteiger partial charge in [-0.15, -0.1) is 0 Å². The van der Waals surface area contributed by atoms with Gasteiger partial charge in [0.1, 0.15) is 18.2 Å². The third kappa shape index (κ3) is 3.00. The monoisotopic (exact) mass is 253 g/mol. The van der Waals surface area contributed by atoms with Crippen LogP contribution in [0.15, 0.2) is 18.2 Å². The zero-order valence-electron chi connectivity index (χ0n) is 10.9. The Hall–Kier alpha value is -1.13. The highest BCUT2D eigenvalue weighted by molar-refractivity contribution is 5.37. The summed E-state index contributed by atoms with van der Waals surface area (Å²) in [4.78, 5) is 0. The highest BCUT2D eigenvalue weighted by Crippen LogP contribution is 2.28. The quantitative estimate of drug-likeness (QED) is 0.875. The maximum absolute atomic E-state index is 13.8. The van der Waals surface area contributed by atoms with Crippen molar-refractivity contribution < 1.29 is 13.9 Å². The molecule has 18 heavy (non-hydrogen) atoms. The van der Waals surface area contributed by atoms with E-state index in [2.05, 4.69) is 5.32 Å². The molecule has 1 heterocycles. The van der Waals surface area contributed by atoms with E-state index in [1.165, 1.54) is 6.07 Å². The van der Waals surface area contributed by atoms with Crippen LogP contribution in [0.4, 0.5) is 4.39 Å². The van der Waals surface area contributed by atoms with E-state index in [4.69, 9.17) is 9.47 Å². The molecule has 1 N–H and O–H groups in total. The van der Waals surface area contributed by atoms with Crippen LogP contribution in [-0.2, 0) is 4.74 Å². The first-order valence-corrected chi connectivity index (χ1v) is 6.42. The normalized spacial score (nSPS) is 20.9. The molecule has 0 aromatic heterocycles. The second-order valence-corrected chi connectivity index (χ2v) is 4.61. The van der Waals surface area contributed by atoms with Gasteiger partial charge in [0.25, 0.3) is 0 Å². The van der Waals surface area contributed by atoms with Crippen LogP contribution in [0.5, 0.6) is 5.75 Å². The van der Waals surface area contributed by atoms with Crippen LogP contribution >= 0.6 is 0 Å². The third-order valence-electron chi connectivity index (χ3n) is 3.33. The molecule has 0 aliphatic carbocycles. The van der Waals surface area contributed by atoms with E-state index in [1.807, 2.05) is 6.92 Å². The van der Waals surface area contributed by atoms with Crippen molar-refractivity contribution in [2.24, 2.45) is 0 Å². The molecule has 0 bridgehead atoms. The minimum Gasteiger partial charge on any atom is -0.490 e. The van der Waals surface area contributed by atoms with Gasteiger partial charge >= 0.3 is 0 Å². The van der Waals surface area contributed by atoms with Crippen molar-refractivity contribution in [3.05, 3.63) is 29.6 Å². The fourth-order valence-electron chi connectivity index (χ4n) is 2.17. The maximum atomic E-state index is 13.8. The summed E-state index contributed by atoms with van der Waals surface area (Å²) in [5.74, 6) is 0.369. The molecule has 0 radical (unpaired) electrons. The lowest BCUT2D eigenvalue weighted by molar-refractivity contribution is 0.0673. The van der Waals surface area contributed by atoms with Crippen molar-refractivity contribution >= 4 is 0 Å². The Kier molecular flexibility index (Phi) is 4.55. The molecule has 2 atom stereocenters. The van der Waals surface area contributed by atoms with Gasteiger partial charge in [0, 0.05) is 18.2 Å². The smallest absolute Gasteiger partial charge is 0.131 e. The van der Waals surface area contributed by atoms with Crippen LogP contribution in [0, 0.1) is 5.82 Å². The van der Waals surface area contributed by atoms with Crippen LogP contribution in [0.2, 0.25) is 0 Å². The van der Waals surface area contributed by atoms with Crippen LogP contribution < -0.4 is 10.1 Å². The SMILES string of the molecule is CNC(C)c1c(F)cccc1OCC1CCCO1. The van der Waals surface area contributed by atoms with Gasteiger partial charge in [0.2, 0.25) is 0 Å². The molecule has 1 saturated heterocycles. The van der Waals surface area contributed by atoms with Crippen molar-refractivity contribution in [1.82, 2.24) is 5.32 Å². The molecule has 1 aromatic rings. The molecule has 0 spiro atoms. The van der Waals surface area contributed by atoms with Crippen LogP contribution in [0.1, 0.15) is 31.4 Å². The largest absolute Gasteiger partial charge is 0.490 e. The van der Waals surface area contributed by atoms with Crippen LogP contribution in [0.25, 0.3) is 0 Å². The van der Waals surface area contributed by atoms with Gasteiger partial charge in [0.15, 0.2) is 0 Å². The molecule has 2 rings (SSSR count). The molecule has 1 aliphatic rings. The molecular formula is C14H20FNO2. The van der Waals surface area contributed by atoms with Crippen LogP contribution in [-0.4, -0.2) is 26.4 Å². The van der Waals surface area contributed by atoms with Crippen molar-refractivity contribution in [1.29, 1.82) is 0 Å². The number of hydrogen-bond acceptors (Lipinski definition) is 3. The molecule has 1 aliphatic heterocycles.